The van der Waals surface area contributed by atoms with E-state index in [4.69, 9.17) is 4.74 Å². The number of hydrogen-bond donors (Lipinski definition) is 2. The molecule has 2 N–H and O–H groups in total. The van der Waals surface area contributed by atoms with Crippen molar-refractivity contribution >= 4 is 17.6 Å². The third kappa shape index (κ3) is 4.13. The van der Waals surface area contributed by atoms with Crippen molar-refractivity contribution in [3.63, 3.8) is 0 Å². The first-order chi connectivity index (χ1) is 10.6. The molecule has 0 saturated heterocycles. The molecule has 1 atom stereocenters. The smallest absolute Gasteiger partial charge is 0.314 e. The molecule has 2 rings (SSSR count). The van der Waals surface area contributed by atoms with E-state index in [1.807, 2.05) is 0 Å². The third-order valence-electron chi connectivity index (χ3n) is 2.84. The lowest BCUT2D eigenvalue weighted by Gasteiger charge is -2.16. The molecule has 22 heavy (non-hydrogen) atoms. The Hall–Kier alpha value is -2.74. The number of anilines is 1. The van der Waals surface area contributed by atoms with Crippen LogP contribution in [0.3, 0.4) is 0 Å². The first-order valence-corrected chi connectivity index (χ1v) is 6.38. The molecule has 0 saturated carbocycles. The van der Waals surface area contributed by atoms with Gasteiger partial charge in [-0.25, -0.2) is 4.39 Å². The number of carbonyl (C=O) groups is 2. The van der Waals surface area contributed by atoms with Crippen molar-refractivity contribution in [3.05, 3.63) is 48.0 Å². The Balaban J connectivity index is 1.90. The van der Waals surface area contributed by atoms with Gasteiger partial charge in [0, 0.05) is 19.7 Å². The minimum absolute atomic E-state index is 0.0189. The number of halogens is 1. The molecule has 1 aromatic carbocycles. The average molecular weight is 307 g/mol. The molecule has 2 aromatic rings. The number of nitrogens with one attached hydrogen (secondary N) is 2. The van der Waals surface area contributed by atoms with Crippen LogP contribution in [0.4, 0.5) is 10.2 Å². The lowest BCUT2D eigenvalue weighted by atomic mass is 10.1. The molecule has 0 aliphatic carbocycles. The average Bonchev–Trinajstić information content (AvgIpc) is 3.00. The van der Waals surface area contributed by atoms with E-state index in [9.17, 15) is 14.0 Å². The minimum atomic E-state index is -0.886. The third-order valence-corrected chi connectivity index (χ3v) is 2.84. The number of amides is 2. The second kappa shape index (κ2) is 7.32. The SMILES string of the molecule is CO[C@@H](CNC(=O)C(=O)Nc1ccon1)c1cccc(F)c1. The highest BCUT2D eigenvalue weighted by molar-refractivity contribution is 6.39. The molecule has 1 heterocycles. The molecule has 7 nitrogen and oxygen atoms in total. The fourth-order valence-electron chi connectivity index (χ4n) is 1.76. The van der Waals surface area contributed by atoms with E-state index < -0.39 is 23.7 Å². The molecule has 0 aliphatic rings. The fraction of sp³-hybridized carbons (Fsp3) is 0.214. The van der Waals surface area contributed by atoms with Gasteiger partial charge in [0.15, 0.2) is 5.82 Å². The zero-order valence-electron chi connectivity index (χ0n) is 11.7. The summed E-state index contributed by atoms with van der Waals surface area (Å²) in [4.78, 5) is 23.3. The van der Waals surface area contributed by atoms with Gasteiger partial charge in [0.05, 0.1) is 6.10 Å². The Morgan fingerprint density at radius 3 is 2.82 bits per heavy atom. The zero-order valence-corrected chi connectivity index (χ0v) is 11.7. The van der Waals surface area contributed by atoms with E-state index in [-0.39, 0.29) is 12.4 Å². The molecular formula is C14H14FN3O4. The molecule has 0 aliphatic heterocycles. The summed E-state index contributed by atoms with van der Waals surface area (Å²) >= 11 is 0. The highest BCUT2D eigenvalue weighted by Crippen LogP contribution is 2.16. The summed E-state index contributed by atoms with van der Waals surface area (Å²) in [6.07, 6.45) is 0.692. The zero-order chi connectivity index (χ0) is 15.9. The molecule has 116 valence electrons. The molecule has 2 amide bonds. The molecule has 1 aromatic heterocycles. The lowest BCUT2D eigenvalue weighted by Crippen LogP contribution is -2.38. The maximum Gasteiger partial charge on any atom is 0.314 e. The van der Waals surface area contributed by atoms with E-state index in [2.05, 4.69) is 20.3 Å². The Labute approximate surface area is 125 Å². The quantitative estimate of drug-likeness (QED) is 0.811. The summed E-state index contributed by atoms with van der Waals surface area (Å²) < 4.78 is 22.9. The van der Waals surface area contributed by atoms with Crippen molar-refractivity contribution in [2.45, 2.75) is 6.10 Å². The van der Waals surface area contributed by atoms with Crippen LogP contribution in [0.5, 0.6) is 0 Å². The largest absolute Gasteiger partial charge is 0.375 e. The van der Waals surface area contributed by atoms with Crippen LogP contribution in [0.15, 0.2) is 41.1 Å². The number of aromatic nitrogens is 1. The van der Waals surface area contributed by atoms with Gasteiger partial charge < -0.3 is 14.6 Å². The monoisotopic (exact) mass is 307 g/mol. The van der Waals surface area contributed by atoms with Crippen LogP contribution in [0.1, 0.15) is 11.7 Å². The highest BCUT2D eigenvalue weighted by Gasteiger charge is 2.18. The van der Waals surface area contributed by atoms with Crippen LogP contribution in [0.2, 0.25) is 0 Å². The summed E-state index contributed by atoms with van der Waals surface area (Å²) in [5, 5.41) is 8.12. The first-order valence-electron chi connectivity index (χ1n) is 6.38. The van der Waals surface area contributed by atoms with Gasteiger partial charge in [0.2, 0.25) is 0 Å². The van der Waals surface area contributed by atoms with Gasteiger partial charge in [-0.2, -0.15) is 0 Å². The highest BCUT2D eigenvalue weighted by atomic mass is 19.1. The van der Waals surface area contributed by atoms with Crippen molar-refractivity contribution in [2.75, 3.05) is 19.0 Å². The predicted octanol–water partition coefficient (Wildman–Crippen LogP) is 1.26. The molecule has 0 unspecified atom stereocenters. The van der Waals surface area contributed by atoms with Gasteiger partial charge >= 0.3 is 11.8 Å². The van der Waals surface area contributed by atoms with Crippen LogP contribution in [-0.2, 0) is 14.3 Å². The molecule has 0 bridgehead atoms. The van der Waals surface area contributed by atoms with Crippen molar-refractivity contribution in [3.8, 4) is 0 Å². The number of carbonyl (C=O) groups excluding carboxylic acids is 2. The van der Waals surface area contributed by atoms with Crippen LogP contribution in [0, 0.1) is 5.82 Å². The standard InChI is InChI=1S/C14H14FN3O4/c1-21-11(9-3-2-4-10(15)7-9)8-16-13(19)14(20)17-12-5-6-22-18-12/h2-7,11H,8H2,1H3,(H,16,19)(H,17,18,20)/t11-/m0/s1. The van der Waals surface area contributed by atoms with Crippen molar-refractivity contribution in [1.82, 2.24) is 10.5 Å². The summed E-state index contributed by atoms with van der Waals surface area (Å²) in [7, 11) is 1.43. The summed E-state index contributed by atoms with van der Waals surface area (Å²) in [6.45, 7) is 0.0189. The van der Waals surface area contributed by atoms with Gasteiger partial charge in [-0.05, 0) is 17.7 Å². The first kappa shape index (κ1) is 15.6. The van der Waals surface area contributed by atoms with E-state index in [1.165, 1.54) is 37.6 Å². The maximum atomic E-state index is 13.2. The summed E-state index contributed by atoms with van der Waals surface area (Å²) in [6, 6.07) is 7.21. The molecule has 0 spiro atoms. The Bertz CT molecular complexity index is 645. The predicted molar refractivity (Wildman–Crippen MR) is 74.3 cm³/mol. The molecule has 8 heteroatoms. The minimum Gasteiger partial charge on any atom is -0.375 e. The number of hydrogen-bond acceptors (Lipinski definition) is 5. The van der Waals surface area contributed by atoms with Gasteiger partial charge in [-0.1, -0.05) is 17.3 Å². The summed E-state index contributed by atoms with van der Waals surface area (Å²) in [5.74, 6) is -2.02. The van der Waals surface area contributed by atoms with Crippen LogP contribution in [0.25, 0.3) is 0 Å². The van der Waals surface area contributed by atoms with Crippen molar-refractivity contribution < 1.29 is 23.2 Å². The second-order valence-corrected chi connectivity index (χ2v) is 4.33. The van der Waals surface area contributed by atoms with E-state index in [0.29, 0.717) is 5.56 Å². The van der Waals surface area contributed by atoms with E-state index in [1.54, 1.807) is 6.07 Å². The number of rotatable bonds is 5. The van der Waals surface area contributed by atoms with Gasteiger partial charge in [0.25, 0.3) is 0 Å². The number of methoxy groups -OCH3 is 1. The topological polar surface area (TPSA) is 93.5 Å². The Morgan fingerprint density at radius 1 is 1.36 bits per heavy atom. The van der Waals surface area contributed by atoms with Gasteiger partial charge in [0.1, 0.15) is 12.1 Å². The van der Waals surface area contributed by atoms with Gasteiger partial charge in [-0.15, -0.1) is 0 Å². The Morgan fingerprint density at radius 2 is 2.18 bits per heavy atom. The number of benzene rings is 1. The van der Waals surface area contributed by atoms with E-state index in [0.717, 1.165) is 0 Å². The molecule has 0 fully saturated rings. The summed E-state index contributed by atoms with van der Waals surface area (Å²) in [5.41, 5.74) is 0.555. The number of nitrogens with zero attached hydrogens (tertiary/aromatic N) is 1. The van der Waals surface area contributed by atoms with Gasteiger partial charge in [-0.3, -0.25) is 14.9 Å². The normalized spacial score (nSPS) is 11.7. The number of ether oxygens (including phenoxy) is 1. The van der Waals surface area contributed by atoms with Crippen molar-refractivity contribution in [2.24, 2.45) is 0 Å². The van der Waals surface area contributed by atoms with Crippen LogP contribution < -0.4 is 10.6 Å². The Kier molecular flexibility index (Phi) is 5.21. The maximum absolute atomic E-state index is 13.2. The van der Waals surface area contributed by atoms with Crippen molar-refractivity contribution in [1.29, 1.82) is 0 Å². The lowest BCUT2D eigenvalue weighted by molar-refractivity contribution is -0.136. The van der Waals surface area contributed by atoms with E-state index >= 15 is 0 Å². The fourth-order valence-corrected chi connectivity index (χ4v) is 1.76. The van der Waals surface area contributed by atoms with Crippen LogP contribution >= 0.6 is 0 Å². The second-order valence-electron chi connectivity index (χ2n) is 4.33. The van der Waals surface area contributed by atoms with Crippen LogP contribution in [-0.4, -0.2) is 30.6 Å². The molecular weight excluding hydrogens is 293 g/mol. The molecule has 0 radical (unpaired) electrons.